The lowest BCUT2D eigenvalue weighted by atomic mass is 10.2. The molecule has 0 aliphatic carbocycles. The molecule has 9 nitrogen and oxygen atoms in total. The Bertz CT molecular complexity index is 1310. The van der Waals surface area contributed by atoms with Crippen molar-refractivity contribution in [2.24, 2.45) is 0 Å². The Morgan fingerprint density at radius 1 is 1.22 bits per heavy atom. The maximum Gasteiger partial charge on any atom is 0.280 e. The highest BCUT2D eigenvalue weighted by Gasteiger charge is 2.21. The van der Waals surface area contributed by atoms with Gasteiger partial charge in [-0.05, 0) is 38.0 Å². The maximum absolute atomic E-state index is 12.7. The first-order valence-electron chi connectivity index (χ1n) is 10.0. The average molecular weight is 477 g/mol. The van der Waals surface area contributed by atoms with Crippen molar-refractivity contribution in [3.63, 3.8) is 0 Å². The van der Waals surface area contributed by atoms with Crippen molar-refractivity contribution >= 4 is 43.3 Å². The van der Waals surface area contributed by atoms with Gasteiger partial charge in [0.25, 0.3) is 5.56 Å². The fourth-order valence-corrected chi connectivity index (χ4v) is 5.18. The molecule has 170 valence electrons. The van der Waals surface area contributed by atoms with Crippen LogP contribution in [0.5, 0.6) is 0 Å². The number of thiophene rings is 1. The lowest BCUT2D eigenvalue weighted by molar-refractivity contribution is -0.117. The molecule has 0 saturated carbocycles. The summed E-state index contributed by atoms with van der Waals surface area (Å²) in [4.78, 5) is 42.1. The van der Waals surface area contributed by atoms with Gasteiger partial charge in [0, 0.05) is 30.5 Å². The molecule has 3 rings (SSSR count). The largest absolute Gasteiger partial charge is 0.295 e. The molecule has 32 heavy (non-hydrogen) atoms. The van der Waals surface area contributed by atoms with E-state index < -0.39 is 15.9 Å². The SMILES string of the molecule is CCc1cc2c(=O)n(NC(=O)CCCN(C)S(=O)(=O)c3ccc(C(C)=O)cc3)cnc2s1. The molecule has 1 amide bonds. The molecule has 0 fully saturated rings. The number of hydrogen-bond acceptors (Lipinski definition) is 7. The minimum Gasteiger partial charge on any atom is -0.295 e. The van der Waals surface area contributed by atoms with Crippen molar-refractivity contribution in [2.45, 2.75) is 38.0 Å². The fourth-order valence-electron chi connectivity index (χ4n) is 3.04. The Morgan fingerprint density at radius 2 is 1.91 bits per heavy atom. The Hall–Kier alpha value is -2.89. The van der Waals surface area contributed by atoms with Gasteiger partial charge < -0.3 is 0 Å². The van der Waals surface area contributed by atoms with Crippen molar-refractivity contribution < 1.29 is 18.0 Å². The van der Waals surface area contributed by atoms with E-state index in [0.29, 0.717) is 15.8 Å². The summed E-state index contributed by atoms with van der Waals surface area (Å²) in [6, 6.07) is 7.49. The summed E-state index contributed by atoms with van der Waals surface area (Å²) in [6.45, 7) is 3.51. The summed E-state index contributed by atoms with van der Waals surface area (Å²) in [7, 11) is -2.32. The van der Waals surface area contributed by atoms with Crippen LogP contribution in [0.1, 0.15) is 41.9 Å². The lowest BCUT2D eigenvalue weighted by Gasteiger charge is -2.17. The first-order valence-corrected chi connectivity index (χ1v) is 12.3. The zero-order valence-electron chi connectivity index (χ0n) is 18.0. The van der Waals surface area contributed by atoms with E-state index in [2.05, 4.69) is 10.4 Å². The van der Waals surface area contributed by atoms with Gasteiger partial charge in [-0.25, -0.2) is 22.4 Å². The number of carbonyl (C=O) groups is 2. The standard InChI is InChI=1S/C21H24N4O5S2/c1-4-16-12-18-20(31-16)22-13-25(21(18)28)23-19(27)6-5-11-24(3)32(29,30)17-9-7-15(8-10-17)14(2)26/h7-10,12-13H,4-6,11H2,1-3H3,(H,23,27). The molecule has 0 unspecified atom stereocenters. The van der Waals surface area contributed by atoms with E-state index in [1.54, 1.807) is 6.07 Å². The number of rotatable bonds is 9. The van der Waals surface area contributed by atoms with Gasteiger partial charge in [-0.2, -0.15) is 0 Å². The van der Waals surface area contributed by atoms with Crippen LogP contribution in [-0.2, 0) is 21.2 Å². The molecule has 0 saturated heterocycles. The summed E-state index contributed by atoms with van der Waals surface area (Å²) in [5.41, 5.74) is 2.57. The van der Waals surface area contributed by atoms with E-state index in [1.165, 1.54) is 55.9 Å². The van der Waals surface area contributed by atoms with Crippen LogP contribution in [0.3, 0.4) is 0 Å². The summed E-state index contributed by atoms with van der Waals surface area (Å²) in [5.74, 6) is -0.567. The zero-order valence-corrected chi connectivity index (χ0v) is 19.6. The molecule has 1 aromatic carbocycles. The van der Waals surface area contributed by atoms with Crippen LogP contribution in [0.4, 0.5) is 0 Å². The van der Waals surface area contributed by atoms with E-state index in [-0.39, 0.29) is 35.6 Å². The highest BCUT2D eigenvalue weighted by molar-refractivity contribution is 7.89. The van der Waals surface area contributed by atoms with Crippen LogP contribution in [0, 0.1) is 0 Å². The van der Waals surface area contributed by atoms with Gasteiger partial charge in [0.05, 0.1) is 10.3 Å². The lowest BCUT2D eigenvalue weighted by Crippen LogP contribution is -2.33. The molecular weight excluding hydrogens is 452 g/mol. The van der Waals surface area contributed by atoms with Gasteiger partial charge >= 0.3 is 0 Å². The number of aryl methyl sites for hydroxylation is 1. The van der Waals surface area contributed by atoms with Crippen LogP contribution in [0.25, 0.3) is 10.2 Å². The van der Waals surface area contributed by atoms with Crippen molar-refractivity contribution in [2.75, 3.05) is 19.0 Å². The molecule has 0 aliphatic rings. The number of aromatic nitrogens is 2. The number of hydrogen-bond donors (Lipinski definition) is 1. The first kappa shape index (κ1) is 23.8. The number of ketones is 1. The van der Waals surface area contributed by atoms with Crippen LogP contribution in [0.15, 0.2) is 46.3 Å². The van der Waals surface area contributed by atoms with Crippen LogP contribution >= 0.6 is 11.3 Å². The van der Waals surface area contributed by atoms with Gasteiger partial charge in [0.1, 0.15) is 11.2 Å². The molecule has 11 heteroatoms. The third-order valence-electron chi connectivity index (χ3n) is 4.94. The van der Waals surface area contributed by atoms with Gasteiger partial charge in [0.15, 0.2) is 5.78 Å². The average Bonchev–Trinajstić information content (AvgIpc) is 3.20. The third-order valence-corrected chi connectivity index (χ3v) is 8.00. The number of sulfonamides is 1. The normalized spacial score (nSPS) is 11.8. The summed E-state index contributed by atoms with van der Waals surface area (Å²) in [6.07, 6.45) is 2.36. The minimum absolute atomic E-state index is 0.0253. The highest BCUT2D eigenvalue weighted by atomic mass is 32.2. The predicted octanol–water partition coefficient (Wildman–Crippen LogP) is 2.39. The summed E-state index contributed by atoms with van der Waals surface area (Å²) < 4.78 is 27.5. The Morgan fingerprint density at radius 3 is 2.53 bits per heavy atom. The topological polar surface area (TPSA) is 118 Å². The molecule has 2 heterocycles. The Balaban J connectivity index is 1.58. The second-order valence-electron chi connectivity index (χ2n) is 7.25. The molecule has 1 N–H and O–H groups in total. The molecule has 0 spiro atoms. The van der Waals surface area contributed by atoms with Crippen LogP contribution in [0.2, 0.25) is 0 Å². The summed E-state index contributed by atoms with van der Waals surface area (Å²) >= 11 is 1.44. The van der Waals surface area contributed by atoms with E-state index >= 15 is 0 Å². The molecule has 2 aromatic heterocycles. The highest BCUT2D eigenvalue weighted by Crippen LogP contribution is 2.21. The van der Waals surface area contributed by atoms with Crippen LogP contribution in [-0.4, -0.2) is 47.7 Å². The molecule has 0 atom stereocenters. The molecule has 0 aliphatic heterocycles. The Kier molecular flexibility index (Phi) is 7.22. The quantitative estimate of drug-likeness (QED) is 0.474. The smallest absolute Gasteiger partial charge is 0.280 e. The summed E-state index contributed by atoms with van der Waals surface area (Å²) in [5, 5.41) is 0.455. The van der Waals surface area contributed by atoms with Crippen molar-refractivity contribution in [1.82, 2.24) is 14.0 Å². The minimum atomic E-state index is -3.74. The number of Topliss-reactive ketones (excluding diaryl/α,β-unsaturated/α-hetero) is 1. The van der Waals surface area contributed by atoms with Gasteiger partial charge in [0.2, 0.25) is 15.9 Å². The molecule has 0 radical (unpaired) electrons. The van der Waals surface area contributed by atoms with Crippen molar-refractivity contribution in [3.05, 3.63) is 57.5 Å². The molecule has 0 bridgehead atoms. The fraction of sp³-hybridized carbons (Fsp3) is 0.333. The maximum atomic E-state index is 12.7. The number of carbonyl (C=O) groups excluding carboxylic acids is 2. The first-order chi connectivity index (χ1) is 15.1. The third kappa shape index (κ3) is 5.12. The Labute approximate surface area is 189 Å². The number of fused-ring (bicyclic) bond motifs is 1. The predicted molar refractivity (Wildman–Crippen MR) is 123 cm³/mol. The second kappa shape index (κ2) is 9.72. The van der Waals surface area contributed by atoms with E-state index in [9.17, 15) is 22.8 Å². The molecule has 3 aromatic rings. The van der Waals surface area contributed by atoms with Crippen LogP contribution < -0.4 is 11.0 Å². The second-order valence-corrected chi connectivity index (χ2v) is 10.4. The number of benzene rings is 1. The zero-order chi connectivity index (χ0) is 23.5. The molecular formula is C21H24N4O5S2. The van der Waals surface area contributed by atoms with E-state index in [1.807, 2.05) is 6.92 Å². The number of nitrogens with zero attached hydrogens (tertiary/aromatic N) is 3. The number of nitrogens with one attached hydrogen (secondary N) is 1. The van der Waals surface area contributed by atoms with Crippen molar-refractivity contribution in [1.29, 1.82) is 0 Å². The van der Waals surface area contributed by atoms with Gasteiger partial charge in [-0.15, -0.1) is 11.3 Å². The number of amides is 1. The van der Waals surface area contributed by atoms with Gasteiger partial charge in [-0.1, -0.05) is 19.1 Å². The monoisotopic (exact) mass is 476 g/mol. The van der Waals surface area contributed by atoms with Gasteiger partial charge in [-0.3, -0.25) is 19.8 Å². The van der Waals surface area contributed by atoms with Crippen molar-refractivity contribution in [3.8, 4) is 0 Å². The van der Waals surface area contributed by atoms with E-state index in [0.717, 1.165) is 20.3 Å². The van der Waals surface area contributed by atoms with E-state index in [4.69, 9.17) is 0 Å².